The van der Waals surface area contributed by atoms with Gasteiger partial charge in [-0.25, -0.2) is 8.42 Å². The molecule has 136 valence electrons. The predicted molar refractivity (Wildman–Crippen MR) is 95.3 cm³/mol. The van der Waals surface area contributed by atoms with E-state index in [1.807, 2.05) is 25.1 Å². The molecule has 0 aliphatic carbocycles. The smallest absolute Gasteiger partial charge is 0.243 e. The Labute approximate surface area is 152 Å². The van der Waals surface area contributed by atoms with Crippen molar-refractivity contribution in [2.45, 2.75) is 17.4 Å². The van der Waals surface area contributed by atoms with Crippen molar-refractivity contribution in [2.24, 2.45) is 0 Å². The summed E-state index contributed by atoms with van der Waals surface area (Å²) in [4.78, 5) is 2.00. The van der Waals surface area contributed by atoms with Gasteiger partial charge in [0.2, 0.25) is 15.9 Å². The second-order valence-electron chi connectivity index (χ2n) is 6.15. The Hall–Kier alpha value is -2.70. The van der Waals surface area contributed by atoms with E-state index in [4.69, 9.17) is 10.00 Å². The third-order valence-corrected chi connectivity index (χ3v) is 5.98. The molecule has 26 heavy (non-hydrogen) atoms. The van der Waals surface area contributed by atoms with Crippen LogP contribution >= 0.6 is 0 Å². The Kier molecular flexibility index (Phi) is 5.06. The van der Waals surface area contributed by atoms with Crippen LogP contribution in [0.4, 0.5) is 5.82 Å². The zero-order valence-corrected chi connectivity index (χ0v) is 15.3. The highest BCUT2D eigenvalue weighted by atomic mass is 32.2. The molecule has 0 unspecified atom stereocenters. The Morgan fingerprint density at radius 3 is 2.50 bits per heavy atom. The quantitative estimate of drug-likeness (QED) is 0.778. The molecule has 1 aromatic heterocycles. The Morgan fingerprint density at radius 2 is 1.92 bits per heavy atom. The minimum Gasteiger partial charge on any atom is -0.472 e. The lowest BCUT2D eigenvalue weighted by molar-refractivity contribution is 0.204. The van der Waals surface area contributed by atoms with Crippen molar-refractivity contribution < 1.29 is 13.2 Å². The van der Waals surface area contributed by atoms with Crippen molar-refractivity contribution in [3.63, 3.8) is 0 Å². The van der Waals surface area contributed by atoms with Gasteiger partial charge in [0, 0.05) is 26.7 Å². The zero-order chi connectivity index (χ0) is 18.7. The first-order valence-corrected chi connectivity index (χ1v) is 9.52. The van der Waals surface area contributed by atoms with Crippen molar-refractivity contribution in [1.29, 1.82) is 5.26 Å². The van der Waals surface area contributed by atoms with E-state index in [0.29, 0.717) is 30.2 Å². The van der Waals surface area contributed by atoms with Crippen LogP contribution in [0.5, 0.6) is 5.88 Å². The van der Waals surface area contributed by atoms with Crippen LogP contribution in [0.15, 0.2) is 41.3 Å². The van der Waals surface area contributed by atoms with Crippen LogP contribution in [0.3, 0.4) is 0 Å². The molecule has 2 aromatic rings. The molecule has 8 nitrogen and oxygen atoms in total. The van der Waals surface area contributed by atoms with Gasteiger partial charge < -0.3 is 9.64 Å². The molecule has 3 rings (SSSR count). The number of nitrogens with zero attached hydrogens (tertiary/aromatic N) is 5. The Bertz CT molecular complexity index is 905. The van der Waals surface area contributed by atoms with Crippen molar-refractivity contribution in [3.05, 3.63) is 42.0 Å². The predicted octanol–water partition coefficient (Wildman–Crippen LogP) is 1.26. The molecule has 0 N–H and O–H groups in total. The van der Waals surface area contributed by atoms with E-state index in [1.165, 1.54) is 28.6 Å². The monoisotopic (exact) mass is 373 g/mol. The zero-order valence-electron chi connectivity index (χ0n) is 14.5. The summed E-state index contributed by atoms with van der Waals surface area (Å²) in [5, 5.41) is 16.9. The van der Waals surface area contributed by atoms with Gasteiger partial charge in [0.1, 0.15) is 6.10 Å². The van der Waals surface area contributed by atoms with Crippen molar-refractivity contribution >= 4 is 15.8 Å². The molecule has 2 heterocycles. The van der Waals surface area contributed by atoms with Crippen LogP contribution in [-0.4, -0.2) is 56.2 Å². The largest absolute Gasteiger partial charge is 0.472 e. The lowest BCUT2D eigenvalue weighted by Crippen LogP contribution is -2.31. The number of anilines is 1. The first kappa shape index (κ1) is 18.1. The van der Waals surface area contributed by atoms with Crippen LogP contribution in [0.2, 0.25) is 0 Å². The van der Waals surface area contributed by atoms with Crippen LogP contribution in [0, 0.1) is 11.3 Å². The van der Waals surface area contributed by atoms with Gasteiger partial charge in [0.25, 0.3) is 0 Å². The lowest BCUT2D eigenvalue weighted by Gasteiger charge is -2.17. The highest BCUT2D eigenvalue weighted by molar-refractivity contribution is 7.89. The number of hydrogen-bond donors (Lipinski definition) is 0. The van der Waals surface area contributed by atoms with E-state index < -0.39 is 10.0 Å². The maximum Gasteiger partial charge on any atom is 0.243 e. The highest BCUT2D eigenvalue weighted by Crippen LogP contribution is 2.24. The Morgan fingerprint density at radius 1 is 1.19 bits per heavy atom. The summed E-state index contributed by atoms with van der Waals surface area (Å²) < 4.78 is 32.6. The fourth-order valence-corrected chi connectivity index (χ4v) is 4.13. The maximum atomic E-state index is 12.7. The fourth-order valence-electron chi connectivity index (χ4n) is 2.65. The molecule has 1 atom stereocenters. The summed E-state index contributed by atoms with van der Waals surface area (Å²) in [6.45, 7) is 0.621. The molecule has 0 amide bonds. The summed E-state index contributed by atoms with van der Waals surface area (Å²) in [7, 11) is 0.131. The van der Waals surface area contributed by atoms with Gasteiger partial charge in [-0.15, -0.1) is 10.2 Å². The SMILES string of the molecule is CN(C)c1ccc(O[C@@H]2CCN(S(=O)(=O)c3ccc(C#N)cc3)C2)nn1. The van der Waals surface area contributed by atoms with E-state index in [0.717, 1.165) is 0 Å². The molecule has 0 saturated carbocycles. The number of ether oxygens (including phenoxy) is 1. The number of nitriles is 1. The molecule has 0 bridgehead atoms. The summed E-state index contributed by atoms with van der Waals surface area (Å²) >= 11 is 0. The van der Waals surface area contributed by atoms with E-state index in [2.05, 4.69) is 10.2 Å². The van der Waals surface area contributed by atoms with E-state index in [1.54, 1.807) is 12.1 Å². The van der Waals surface area contributed by atoms with E-state index in [9.17, 15) is 8.42 Å². The number of hydrogen-bond acceptors (Lipinski definition) is 7. The van der Waals surface area contributed by atoms with Gasteiger partial charge in [0.05, 0.1) is 23.1 Å². The number of rotatable bonds is 5. The molecule has 0 radical (unpaired) electrons. The average molecular weight is 373 g/mol. The summed E-state index contributed by atoms with van der Waals surface area (Å²) in [5.74, 6) is 1.09. The van der Waals surface area contributed by atoms with Crippen molar-refractivity contribution in [2.75, 3.05) is 32.1 Å². The molecular weight excluding hydrogens is 354 g/mol. The van der Waals surface area contributed by atoms with Gasteiger partial charge in [-0.1, -0.05) is 0 Å². The summed E-state index contributed by atoms with van der Waals surface area (Å²) in [6, 6.07) is 11.4. The maximum absolute atomic E-state index is 12.7. The first-order chi connectivity index (χ1) is 12.4. The molecule has 1 aliphatic rings. The standard InChI is InChI=1S/C17H19N5O3S/c1-21(2)16-7-8-17(20-19-16)25-14-9-10-22(12-14)26(23,24)15-5-3-13(11-18)4-6-15/h3-8,14H,9-10,12H2,1-2H3/t14-/m1/s1. The number of aromatic nitrogens is 2. The molecule has 9 heteroatoms. The van der Waals surface area contributed by atoms with Gasteiger partial charge in [0.15, 0.2) is 5.82 Å². The lowest BCUT2D eigenvalue weighted by atomic mass is 10.2. The van der Waals surface area contributed by atoms with Gasteiger partial charge >= 0.3 is 0 Å². The van der Waals surface area contributed by atoms with E-state index >= 15 is 0 Å². The van der Waals surface area contributed by atoms with Crippen LogP contribution in [-0.2, 0) is 10.0 Å². The van der Waals surface area contributed by atoms with Crippen molar-refractivity contribution in [1.82, 2.24) is 14.5 Å². The van der Waals surface area contributed by atoms with E-state index in [-0.39, 0.29) is 17.5 Å². The molecule has 0 spiro atoms. The third kappa shape index (κ3) is 3.76. The fraction of sp³-hybridized carbons (Fsp3) is 0.353. The average Bonchev–Trinajstić information content (AvgIpc) is 3.11. The topological polar surface area (TPSA) is 99.4 Å². The van der Waals surface area contributed by atoms with Crippen LogP contribution in [0.1, 0.15) is 12.0 Å². The van der Waals surface area contributed by atoms with Gasteiger partial charge in [-0.2, -0.15) is 9.57 Å². The normalized spacial score (nSPS) is 17.7. The third-order valence-electron chi connectivity index (χ3n) is 4.10. The number of benzene rings is 1. The first-order valence-electron chi connectivity index (χ1n) is 8.08. The summed E-state index contributed by atoms with van der Waals surface area (Å²) in [5.41, 5.74) is 0.423. The van der Waals surface area contributed by atoms with Gasteiger partial charge in [-0.3, -0.25) is 0 Å². The highest BCUT2D eigenvalue weighted by Gasteiger charge is 2.33. The second-order valence-corrected chi connectivity index (χ2v) is 8.09. The Balaban J connectivity index is 1.66. The summed E-state index contributed by atoms with van der Waals surface area (Å²) in [6.07, 6.45) is 0.301. The molecule has 1 fully saturated rings. The van der Waals surface area contributed by atoms with Crippen LogP contribution < -0.4 is 9.64 Å². The minimum absolute atomic E-state index is 0.173. The minimum atomic E-state index is -3.61. The molecular formula is C17H19N5O3S. The van der Waals surface area contributed by atoms with Crippen molar-refractivity contribution in [3.8, 4) is 11.9 Å². The van der Waals surface area contributed by atoms with Crippen LogP contribution in [0.25, 0.3) is 0 Å². The second kappa shape index (κ2) is 7.27. The molecule has 1 aliphatic heterocycles. The molecule has 1 saturated heterocycles. The number of sulfonamides is 1. The van der Waals surface area contributed by atoms with Gasteiger partial charge in [-0.05, 0) is 36.8 Å². The molecule has 1 aromatic carbocycles.